The maximum absolute atomic E-state index is 11.7. The Hall–Kier alpha value is -3.80. The predicted octanol–water partition coefficient (Wildman–Crippen LogP) is 3.46. The van der Waals surface area contributed by atoms with Gasteiger partial charge < -0.3 is 5.11 Å². The molecule has 0 unspecified atom stereocenters. The van der Waals surface area contributed by atoms with Crippen molar-refractivity contribution in [1.29, 1.82) is 0 Å². The Labute approximate surface area is 187 Å². The molecule has 0 bridgehead atoms. The quantitative estimate of drug-likeness (QED) is 0.268. The molecule has 0 aromatic heterocycles. The number of nitrogens with zero attached hydrogens (tertiary/aromatic N) is 2. The van der Waals surface area contributed by atoms with Crippen molar-refractivity contribution in [3.63, 3.8) is 0 Å². The van der Waals surface area contributed by atoms with Crippen molar-refractivity contribution in [3.05, 3.63) is 98.6 Å². The Morgan fingerprint density at radius 3 is 2.25 bits per heavy atom. The van der Waals surface area contributed by atoms with Gasteiger partial charge in [0.1, 0.15) is 5.02 Å². The number of nitro groups is 1. The highest BCUT2D eigenvalue weighted by Gasteiger charge is 2.20. The van der Waals surface area contributed by atoms with Gasteiger partial charge in [-0.15, -0.1) is 0 Å². The number of aromatic carboxylic acids is 1. The number of carboxylic acids is 1. The van der Waals surface area contributed by atoms with Crippen molar-refractivity contribution in [3.8, 4) is 0 Å². The van der Waals surface area contributed by atoms with Crippen molar-refractivity contribution in [1.82, 2.24) is 0 Å². The molecule has 0 atom stereocenters. The summed E-state index contributed by atoms with van der Waals surface area (Å²) in [5.41, 5.74) is 3.16. The first kappa shape index (κ1) is 22.9. The summed E-state index contributed by atoms with van der Waals surface area (Å²) in [4.78, 5) is 22.3. The number of nitrogens with two attached hydrogens (primary N) is 1. The zero-order valence-corrected chi connectivity index (χ0v) is 17.7. The van der Waals surface area contributed by atoms with E-state index in [0.29, 0.717) is 5.69 Å². The molecule has 0 aliphatic carbocycles. The number of halogens is 1. The highest BCUT2D eigenvalue weighted by molar-refractivity contribution is 7.89. The third-order valence-electron chi connectivity index (χ3n) is 4.31. The van der Waals surface area contributed by atoms with Crippen LogP contribution in [-0.2, 0) is 10.0 Å². The molecule has 0 radical (unpaired) electrons. The molecule has 164 valence electrons. The third kappa shape index (κ3) is 5.09. The van der Waals surface area contributed by atoms with Gasteiger partial charge in [-0.3, -0.25) is 15.5 Å². The molecule has 10 nitrogen and oxygen atoms in total. The summed E-state index contributed by atoms with van der Waals surface area (Å²) < 4.78 is 22.8. The summed E-state index contributed by atoms with van der Waals surface area (Å²) in [5.74, 6) is -1.21. The molecule has 0 saturated carbocycles. The molecule has 12 heteroatoms. The second-order valence-electron chi connectivity index (χ2n) is 6.42. The number of hydrazone groups is 1. The van der Waals surface area contributed by atoms with Crippen molar-refractivity contribution < 1.29 is 23.2 Å². The van der Waals surface area contributed by atoms with Gasteiger partial charge in [0.05, 0.1) is 26.8 Å². The predicted molar refractivity (Wildman–Crippen MR) is 119 cm³/mol. The smallest absolute Gasteiger partial charge is 0.336 e. The largest absolute Gasteiger partial charge is 0.478 e. The van der Waals surface area contributed by atoms with Crippen LogP contribution in [0.1, 0.15) is 21.5 Å². The highest BCUT2D eigenvalue weighted by Crippen LogP contribution is 2.27. The fourth-order valence-electron chi connectivity index (χ4n) is 2.80. The van der Waals surface area contributed by atoms with Crippen LogP contribution in [0, 0.1) is 10.1 Å². The fourth-order valence-corrected chi connectivity index (χ4v) is 3.50. The lowest BCUT2D eigenvalue weighted by Gasteiger charge is -2.12. The molecule has 4 N–H and O–H groups in total. The van der Waals surface area contributed by atoms with E-state index in [2.05, 4.69) is 10.5 Å². The van der Waals surface area contributed by atoms with Gasteiger partial charge in [-0.1, -0.05) is 35.9 Å². The van der Waals surface area contributed by atoms with Gasteiger partial charge in [0.15, 0.2) is 0 Å². The molecular weight excluding hydrogens is 460 g/mol. The number of nitro benzene ring substituents is 1. The molecule has 0 spiro atoms. The number of hydrogen-bond acceptors (Lipinski definition) is 7. The molecule has 0 heterocycles. The standard InChI is InChI=1S/C20H15ClN4O6S/c21-17-10-5-12(11-18(17)25(28)29)19(15-3-1-2-4-16(15)20(26)27)24-23-13-6-8-14(9-7-13)32(22,30)31/h1-11,23H,(H,26,27)(H2,22,30,31)/b24-19-. The van der Waals surface area contributed by atoms with Crippen LogP contribution in [0.4, 0.5) is 11.4 Å². The van der Waals surface area contributed by atoms with E-state index < -0.39 is 20.9 Å². The van der Waals surface area contributed by atoms with Crippen LogP contribution in [0.5, 0.6) is 0 Å². The van der Waals surface area contributed by atoms with Crippen molar-refractivity contribution in [2.75, 3.05) is 5.43 Å². The number of sulfonamides is 1. The number of anilines is 1. The highest BCUT2D eigenvalue weighted by atomic mass is 35.5. The van der Waals surface area contributed by atoms with Gasteiger partial charge in [-0.25, -0.2) is 18.4 Å². The summed E-state index contributed by atoms with van der Waals surface area (Å²) in [7, 11) is -3.87. The average molecular weight is 475 g/mol. The van der Waals surface area contributed by atoms with Crippen LogP contribution in [0.3, 0.4) is 0 Å². The number of benzene rings is 3. The average Bonchev–Trinajstić information content (AvgIpc) is 2.74. The number of primary sulfonamides is 1. The van der Waals surface area contributed by atoms with Gasteiger partial charge in [0.2, 0.25) is 10.0 Å². The van der Waals surface area contributed by atoms with Crippen LogP contribution < -0.4 is 10.6 Å². The fraction of sp³-hybridized carbons (Fsp3) is 0. The number of rotatable bonds is 7. The van der Waals surface area contributed by atoms with E-state index in [0.717, 1.165) is 0 Å². The van der Waals surface area contributed by atoms with E-state index in [1.54, 1.807) is 6.07 Å². The Morgan fingerprint density at radius 2 is 1.69 bits per heavy atom. The van der Waals surface area contributed by atoms with Crippen LogP contribution in [0.25, 0.3) is 0 Å². The van der Waals surface area contributed by atoms with E-state index >= 15 is 0 Å². The molecule has 3 aromatic rings. The second-order valence-corrected chi connectivity index (χ2v) is 8.38. The summed E-state index contributed by atoms with van der Waals surface area (Å²) in [6, 6.07) is 15.3. The maximum Gasteiger partial charge on any atom is 0.336 e. The summed E-state index contributed by atoms with van der Waals surface area (Å²) in [5, 5.41) is 30.1. The lowest BCUT2D eigenvalue weighted by Crippen LogP contribution is -2.13. The number of nitrogens with one attached hydrogen (secondary N) is 1. The number of carboxylic acid groups (broad SMARTS) is 1. The van der Waals surface area contributed by atoms with Crippen LogP contribution in [0.2, 0.25) is 5.02 Å². The van der Waals surface area contributed by atoms with Crippen molar-refractivity contribution in [2.24, 2.45) is 10.2 Å². The Morgan fingerprint density at radius 1 is 1.06 bits per heavy atom. The zero-order valence-electron chi connectivity index (χ0n) is 16.1. The van der Waals surface area contributed by atoms with E-state index in [1.165, 1.54) is 60.7 Å². The zero-order chi connectivity index (χ0) is 23.5. The summed E-state index contributed by atoms with van der Waals surface area (Å²) >= 11 is 5.90. The molecule has 0 amide bonds. The van der Waals surface area contributed by atoms with E-state index in [1.807, 2.05) is 0 Å². The van der Waals surface area contributed by atoms with Crippen molar-refractivity contribution >= 4 is 44.7 Å². The molecular formula is C20H15ClN4O6S. The molecule has 0 aliphatic heterocycles. The molecule has 0 fully saturated rings. The van der Waals surface area contributed by atoms with E-state index in [4.69, 9.17) is 16.7 Å². The first-order valence-electron chi connectivity index (χ1n) is 8.81. The third-order valence-corrected chi connectivity index (χ3v) is 5.56. The minimum absolute atomic E-state index is 0.0739. The molecule has 0 saturated heterocycles. The number of hydrogen-bond donors (Lipinski definition) is 3. The SMILES string of the molecule is NS(=O)(=O)c1ccc(N/N=C(/c2ccc(Cl)c([N+](=O)[O-])c2)c2ccccc2C(=O)O)cc1. The Bertz CT molecular complexity index is 1340. The van der Waals surface area contributed by atoms with E-state index in [-0.39, 0.29) is 38.0 Å². The van der Waals surface area contributed by atoms with Gasteiger partial charge >= 0.3 is 5.97 Å². The van der Waals surface area contributed by atoms with Gasteiger partial charge in [-0.2, -0.15) is 5.10 Å². The van der Waals surface area contributed by atoms with Crippen molar-refractivity contribution in [2.45, 2.75) is 4.90 Å². The molecule has 3 rings (SSSR count). The first-order chi connectivity index (χ1) is 15.1. The maximum atomic E-state index is 11.7. The second kappa shape index (κ2) is 9.14. The lowest BCUT2D eigenvalue weighted by atomic mass is 9.97. The lowest BCUT2D eigenvalue weighted by molar-refractivity contribution is -0.384. The van der Waals surface area contributed by atoms with Gasteiger partial charge in [0, 0.05) is 17.2 Å². The summed E-state index contributed by atoms with van der Waals surface area (Å²) in [6.45, 7) is 0. The Balaban J connectivity index is 2.12. The number of carbonyl (C=O) groups is 1. The monoisotopic (exact) mass is 474 g/mol. The molecule has 32 heavy (non-hydrogen) atoms. The minimum atomic E-state index is -3.87. The molecule has 3 aromatic carbocycles. The topological polar surface area (TPSA) is 165 Å². The molecule has 0 aliphatic rings. The summed E-state index contributed by atoms with van der Waals surface area (Å²) in [6.07, 6.45) is 0. The normalized spacial score (nSPS) is 11.8. The van der Waals surface area contributed by atoms with Crippen LogP contribution in [-0.4, -0.2) is 30.1 Å². The van der Waals surface area contributed by atoms with E-state index in [9.17, 15) is 28.4 Å². The van der Waals surface area contributed by atoms with Crippen LogP contribution >= 0.6 is 11.6 Å². The van der Waals surface area contributed by atoms with Gasteiger partial charge in [0.25, 0.3) is 5.69 Å². The Kier molecular flexibility index (Phi) is 6.53. The van der Waals surface area contributed by atoms with Gasteiger partial charge in [-0.05, 0) is 36.4 Å². The minimum Gasteiger partial charge on any atom is -0.478 e. The first-order valence-corrected chi connectivity index (χ1v) is 10.7. The van der Waals surface area contributed by atoms with Crippen LogP contribution in [0.15, 0.2) is 76.7 Å².